The van der Waals surface area contributed by atoms with Gasteiger partial charge in [-0.2, -0.15) is 4.91 Å². The molecule has 0 saturated carbocycles. The quantitative estimate of drug-likeness (QED) is 0.433. The Morgan fingerprint density at radius 1 is 1.32 bits per heavy atom. The third-order valence-electron chi connectivity index (χ3n) is 2.61. The zero-order chi connectivity index (χ0) is 13.5. The summed E-state index contributed by atoms with van der Waals surface area (Å²) in [7, 11) is 1.50. The summed E-state index contributed by atoms with van der Waals surface area (Å²) in [5.41, 5.74) is 1.71. The third kappa shape index (κ3) is 3.40. The molecule has 1 aliphatic heterocycles. The van der Waals surface area contributed by atoms with Crippen LogP contribution in [-0.2, 0) is 14.4 Å². The largest absolute Gasteiger partial charge is 0.439 e. The van der Waals surface area contributed by atoms with Gasteiger partial charge in [0, 0.05) is 5.57 Å². The number of rotatable bonds is 5. The lowest BCUT2D eigenvalue weighted by Gasteiger charge is -2.23. The van der Waals surface area contributed by atoms with Gasteiger partial charge in [0.05, 0.1) is 12.1 Å². The van der Waals surface area contributed by atoms with Crippen LogP contribution in [0.2, 0.25) is 0 Å². The van der Waals surface area contributed by atoms with Gasteiger partial charge in [-0.1, -0.05) is 21.6 Å². The van der Waals surface area contributed by atoms with Crippen molar-refractivity contribution in [2.24, 2.45) is 15.5 Å². The Morgan fingerprint density at radius 2 is 2.16 bits per heavy atom. The van der Waals surface area contributed by atoms with E-state index in [0.717, 1.165) is 29.9 Å². The number of fused-ring (bicyclic) bond motifs is 1. The van der Waals surface area contributed by atoms with E-state index >= 15 is 0 Å². The van der Waals surface area contributed by atoms with Crippen molar-refractivity contribution in [3.8, 4) is 0 Å². The van der Waals surface area contributed by atoms with E-state index in [-0.39, 0.29) is 13.2 Å². The van der Waals surface area contributed by atoms with Gasteiger partial charge in [-0.3, -0.25) is 0 Å². The van der Waals surface area contributed by atoms with Crippen LogP contribution in [-0.4, -0.2) is 31.9 Å². The minimum atomic E-state index is 0.0592. The van der Waals surface area contributed by atoms with E-state index < -0.39 is 0 Å². The molecule has 0 aromatic rings. The van der Waals surface area contributed by atoms with Gasteiger partial charge in [-0.05, 0) is 18.9 Å². The van der Waals surface area contributed by atoms with Crippen molar-refractivity contribution >= 4 is 11.6 Å². The second-order valence-corrected chi connectivity index (χ2v) is 3.93. The molecule has 0 amide bonds. The molecule has 1 fully saturated rings. The Labute approximate surface area is 110 Å². The number of nitroso groups, excluding NO2 is 1. The topological polar surface area (TPSA) is 81.8 Å². The molecule has 0 atom stereocenters. The molecule has 0 bridgehead atoms. The van der Waals surface area contributed by atoms with Crippen LogP contribution < -0.4 is 0 Å². The zero-order valence-corrected chi connectivity index (χ0v) is 10.7. The van der Waals surface area contributed by atoms with Gasteiger partial charge in [0.25, 0.3) is 0 Å². The van der Waals surface area contributed by atoms with Crippen molar-refractivity contribution in [3.63, 3.8) is 0 Å². The molecule has 0 radical (unpaired) electrons. The van der Waals surface area contributed by atoms with Crippen LogP contribution >= 0.6 is 0 Å². The van der Waals surface area contributed by atoms with Crippen LogP contribution in [0.1, 0.15) is 19.3 Å². The fourth-order valence-electron chi connectivity index (χ4n) is 1.85. The molecule has 0 N–H and O–H groups in total. The second-order valence-electron chi connectivity index (χ2n) is 3.93. The normalized spacial score (nSPS) is 22.2. The molecule has 0 aromatic heterocycles. The monoisotopic (exact) mass is 265 g/mol. The van der Waals surface area contributed by atoms with Crippen molar-refractivity contribution < 1.29 is 14.4 Å². The van der Waals surface area contributed by atoms with E-state index in [1.54, 1.807) is 0 Å². The summed E-state index contributed by atoms with van der Waals surface area (Å²) in [6.45, 7) is 0.193. The first kappa shape index (κ1) is 13.3. The van der Waals surface area contributed by atoms with E-state index in [2.05, 4.69) is 21.6 Å². The SMILES string of the molecule is CO/N=C1\C/C(=N/OCCN=O)OC2=CCCC=C21. The van der Waals surface area contributed by atoms with E-state index in [4.69, 9.17) is 14.4 Å². The Hall–Kier alpha value is -2.18. The Bertz CT molecular complexity index is 466. The maximum Gasteiger partial charge on any atom is 0.237 e. The molecule has 1 aliphatic carbocycles. The lowest BCUT2D eigenvalue weighted by Crippen LogP contribution is -2.24. The molecule has 2 rings (SSSR count). The van der Waals surface area contributed by atoms with Crippen molar-refractivity contribution in [1.29, 1.82) is 0 Å². The molecule has 0 spiro atoms. The summed E-state index contributed by atoms with van der Waals surface area (Å²) in [6, 6.07) is 0. The molecule has 0 unspecified atom stereocenters. The minimum absolute atomic E-state index is 0.0592. The third-order valence-corrected chi connectivity index (χ3v) is 2.61. The Kier molecular flexibility index (Phi) is 4.66. The Balaban J connectivity index is 2.09. The molecule has 7 nitrogen and oxygen atoms in total. The van der Waals surface area contributed by atoms with Crippen molar-refractivity contribution in [2.75, 3.05) is 20.3 Å². The molecular formula is C12H15N3O4. The average molecular weight is 265 g/mol. The number of nitrogens with zero attached hydrogens (tertiary/aromatic N) is 3. The molecule has 2 aliphatic rings. The van der Waals surface area contributed by atoms with E-state index in [1.165, 1.54) is 7.11 Å². The van der Waals surface area contributed by atoms with Gasteiger partial charge in [0.15, 0.2) is 0 Å². The maximum absolute atomic E-state index is 9.92. The lowest BCUT2D eigenvalue weighted by molar-refractivity contribution is 0.142. The molecule has 0 aromatic carbocycles. The van der Waals surface area contributed by atoms with Crippen LogP contribution in [0.4, 0.5) is 0 Å². The Morgan fingerprint density at radius 3 is 2.95 bits per heavy atom. The van der Waals surface area contributed by atoms with Crippen LogP contribution in [0.25, 0.3) is 0 Å². The number of allylic oxidation sites excluding steroid dienone is 3. The van der Waals surface area contributed by atoms with Gasteiger partial charge in [0.2, 0.25) is 5.90 Å². The highest BCUT2D eigenvalue weighted by molar-refractivity contribution is 6.15. The second kappa shape index (κ2) is 6.67. The molecule has 102 valence electrons. The number of ether oxygens (including phenoxy) is 1. The smallest absolute Gasteiger partial charge is 0.237 e. The molecule has 1 heterocycles. The summed E-state index contributed by atoms with van der Waals surface area (Å²) in [5, 5.41) is 10.5. The number of hydrogen-bond donors (Lipinski definition) is 0. The highest BCUT2D eigenvalue weighted by atomic mass is 16.6. The van der Waals surface area contributed by atoms with Gasteiger partial charge in [-0.25, -0.2) is 0 Å². The summed E-state index contributed by atoms with van der Waals surface area (Å²) >= 11 is 0. The predicted octanol–water partition coefficient (Wildman–Crippen LogP) is 2.11. The van der Waals surface area contributed by atoms with Gasteiger partial charge < -0.3 is 14.4 Å². The molecular weight excluding hydrogens is 250 g/mol. The van der Waals surface area contributed by atoms with Crippen molar-refractivity contribution in [2.45, 2.75) is 19.3 Å². The zero-order valence-electron chi connectivity index (χ0n) is 10.7. The first-order valence-electron chi connectivity index (χ1n) is 6.02. The summed E-state index contributed by atoms with van der Waals surface area (Å²) in [4.78, 5) is 19.7. The minimum Gasteiger partial charge on any atom is -0.439 e. The highest BCUT2D eigenvalue weighted by Crippen LogP contribution is 2.28. The van der Waals surface area contributed by atoms with Crippen LogP contribution in [0.3, 0.4) is 0 Å². The predicted molar refractivity (Wildman–Crippen MR) is 69.6 cm³/mol. The van der Waals surface area contributed by atoms with Gasteiger partial charge >= 0.3 is 0 Å². The summed E-state index contributed by atoms with van der Waals surface area (Å²) in [6.07, 6.45) is 6.33. The molecule has 7 heteroatoms. The first-order valence-corrected chi connectivity index (χ1v) is 6.02. The van der Waals surface area contributed by atoms with Crippen LogP contribution in [0, 0.1) is 4.91 Å². The first-order chi connectivity index (χ1) is 9.35. The summed E-state index contributed by atoms with van der Waals surface area (Å²) < 4.78 is 5.62. The fraction of sp³-hybridized carbons (Fsp3) is 0.500. The maximum atomic E-state index is 9.92. The van der Waals surface area contributed by atoms with Gasteiger partial charge in [-0.15, -0.1) is 0 Å². The molecule has 19 heavy (non-hydrogen) atoms. The van der Waals surface area contributed by atoms with Crippen LogP contribution in [0.15, 0.2) is 39.0 Å². The van der Waals surface area contributed by atoms with E-state index in [1.807, 2.05) is 6.08 Å². The standard InChI is InChI=1S/C12H15N3O4/c1-17-14-10-8-12(15-18-7-6-13-16)19-11-5-3-2-4-9(10)11/h4-5H,2-3,6-8H2,1H3/b14-10+,15-12-. The average Bonchev–Trinajstić information content (AvgIpc) is 2.44. The van der Waals surface area contributed by atoms with Crippen molar-refractivity contribution in [1.82, 2.24) is 0 Å². The van der Waals surface area contributed by atoms with Gasteiger partial charge in [0.1, 0.15) is 26.0 Å². The number of oxime groups is 2. The summed E-state index contributed by atoms with van der Waals surface area (Å²) in [5.74, 6) is 1.12. The van der Waals surface area contributed by atoms with Crippen molar-refractivity contribution in [3.05, 3.63) is 28.4 Å². The molecule has 1 saturated heterocycles. The van der Waals surface area contributed by atoms with E-state index in [0.29, 0.717) is 12.3 Å². The van der Waals surface area contributed by atoms with Crippen LogP contribution in [0.5, 0.6) is 0 Å². The highest BCUT2D eigenvalue weighted by Gasteiger charge is 2.27. The van der Waals surface area contributed by atoms with E-state index in [9.17, 15) is 4.91 Å². The number of hydrogen-bond acceptors (Lipinski definition) is 7. The fourth-order valence-corrected chi connectivity index (χ4v) is 1.85. The lowest BCUT2D eigenvalue weighted by atomic mass is 9.96.